The van der Waals surface area contributed by atoms with Crippen molar-refractivity contribution in [3.05, 3.63) is 35.4 Å². The van der Waals surface area contributed by atoms with Gasteiger partial charge in [-0.05, 0) is 49.9 Å². The third-order valence-corrected chi connectivity index (χ3v) is 4.67. The Hall–Kier alpha value is -0.900. The first-order chi connectivity index (χ1) is 10.3. The molecule has 1 aliphatic carbocycles. The lowest BCUT2D eigenvalue weighted by Gasteiger charge is -2.41. The van der Waals surface area contributed by atoms with Gasteiger partial charge in [-0.2, -0.15) is 0 Å². The molecular formula is C18H28N2O. The summed E-state index contributed by atoms with van der Waals surface area (Å²) in [5.41, 5.74) is 2.96. The molecule has 1 saturated heterocycles. The second-order valence-corrected chi connectivity index (χ2v) is 6.39. The smallest absolute Gasteiger partial charge is 0.0896 e. The molecule has 3 rings (SSSR count). The predicted octanol–water partition coefficient (Wildman–Crippen LogP) is 2.94. The summed E-state index contributed by atoms with van der Waals surface area (Å²) in [6, 6.07) is 9.64. The van der Waals surface area contributed by atoms with Gasteiger partial charge in [0.25, 0.3) is 0 Å². The number of benzene rings is 1. The maximum Gasteiger partial charge on any atom is 0.0896 e. The molecule has 116 valence electrons. The van der Waals surface area contributed by atoms with Crippen molar-refractivity contribution in [1.82, 2.24) is 10.2 Å². The van der Waals surface area contributed by atoms with Crippen LogP contribution in [0.4, 0.5) is 0 Å². The molecule has 1 saturated carbocycles. The molecule has 2 fully saturated rings. The van der Waals surface area contributed by atoms with Gasteiger partial charge in [-0.25, -0.2) is 0 Å². The van der Waals surface area contributed by atoms with E-state index < -0.39 is 0 Å². The van der Waals surface area contributed by atoms with Crippen molar-refractivity contribution in [2.75, 3.05) is 33.3 Å². The molecule has 21 heavy (non-hydrogen) atoms. The zero-order chi connectivity index (χ0) is 14.7. The molecule has 1 heterocycles. The number of nitrogens with zero attached hydrogens (tertiary/aromatic N) is 1. The lowest BCUT2D eigenvalue weighted by atomic mass is 9.95. The Bertz CT molecular complexity index is 440. The fourth-order valence-corrected chi connectivity index (χ4v) is 3.54. The Morgan fingerprint density at radius 2 is 2.10 bits per heavy atom. The molecule has 0 radical (unpaired) electrons. The van der Waals surface area contributed by atoms with Crippen molar-refractivity contribution >= 4 is 0 Å². The Morgan fingerprint density at radius 1 is 1.29 bits per heavy atom. The van der Waals surface area contributed by atoms with E-state index in [0.717, 1.165) is 32.2 Å². The number of rotatable bonds is 6. The van der Waals surface area contributed by atoms with Gasteiger partial charge in [0, 0.05) is 13.1 Å². The van der Waals surface area contributed by atoms with E-state index in [1.807, 2.05) is 7.05 Å². The van der Waals surface area contributed by atoms with Crippen LogP contribution in [-0.2, 0) is 4.74 Å². The lowest BCUT2D eigenvalue weighted by molar-refractivity contribution is -0.0704. The molecule has 1 aromatic carbocycles. The first-order valence-corrected chi connectivity index (χ1v) is 8.43. The highest BCUT2D eigenvalue weighted by Crippen LogP contribution is 2.41. The average molecular weight is 288 g/mol. The zero-order valence-corrected chi connectivity index (χ0v) is 13.3. The predicted molar refractivity (Wildman–Crippen MR) is 86.7 cm³/mol. The Balaban J connectivity index is 1.86. The van der Waals surface area contributed by atoms with Gasteiger partial charge in [-0.15, -0.1) is 0 Å². The highest BCUT2D eigenvalue weighted by molar-refractivity contribution is 5.32. The minimum atomic E-state index is 0.254. The summed E-state index contributed by atoms with van der Waals surface area (Å²) in [5, 5.41) is 3.30. The summed E-state index contributed by atoms with van der Waals surface area (Å²) in [4.78, 5) is 2.61. The van der Waals surface area contributed by atoms with Gasteiger partial charge in [0.05, 0.1) is 18.8 Å². The molecule has 0 spiro atoms. The standard InChI is InChI=1S/C18H28N2O/c1-3-9-20-10-11-21-17(13-19-2)18(20)16-6-4-5-15(12-16)14-7-8-14/h4-6,12,14,17-19H,3,7-11,13H2,1-2H3. The quantitative estimate of drug-likeness (QED) is 0.871. The van der Waals surface area contributed by atoms with Crippen LogP contribution >= 0.6 is 0 Å². The van der Waals surface area contributed by atoms with Crippen LogP contribution in [0, 0.1) is 0 Å². The van der Waals surface area contributed by atoms with Crippen LogP contribution in [0.2, 0.25) is 0 Å². The second kappa shape index (κ2) is 6.91. The number of hydrogen-bond donors (Lipinski definition) is 1. The van der Waals surface area contributed by atoms with Gasteiger partial charge in [0.15, 0.2) is 0 Å². The minimum absolute atomic E-state index is 0.254. The van der Waals surface area contributed by atoms with Crippen molar-refractivity contribution in [2.24, 2.45) is 0 Å². The number of likely N-dealkylation sites (N-methyl/N-ethyl adjacent to an activating group) is 1. The van der Waals surface area contributed by atoms with E-state index in [0.29, 0.717) is 6.04 Å². The summed E-state index contributed by atoms with van der Waals surface area (Å²) in [6.07, 6.45) is 4.18. The zero-order valence-electron chi connectivity index (χ0n) is 13.3. The summed E-state index contributed by atoms with van der Waals surface area (Å²) >= 11 is 0. The summed E-state index contributed by atoms with van der Waals surface area (Å²) in [5.74, 6) is 0.817. The van der Waals surface area contributed by atoms with Gasteiger partial charge < -0.3 is 10.1 Å². The van der Waals surface area contributed by atoms with Crippen LogP contribution in [0.1, 0.15) is 49.3 Å². The number of hydrogen-bond acceptors (Lipinski definition) is 3. The van der Waals surface area contributed by atoms with E-state index in [1.54, 1.807) is 0 Å². The number of morpholine rings is 1. The molecule has 2 aliphatic rings. The second-order valence-electron chi connectivity index (χ2n) is 6.39. The van der Waals surface area contributed by atoms with Crippen LogP contribution in [0.25, 0.3) is 0 Å². The van der Waals surface area contributed by atoms with Crippen LogP contribution in [0.15, 0.2) is 24.3 Å². The third-order valence-electron chi connectivity index (χ3n) is 4.67. The number of nitrogens with one attached hydrogen (secondary N) is 1. The summed E-state index contributed by atoms with van der Waals surface area (Å²) in [7, 11) is 2.01. The van der Waals surface area contributed by atoms with Crippen molar-refractivity contribution < 1.29 is 4.74 Å². The van der Waals surface area contributed by atoms with Gasteiger partial charge in [-0.3, -0.25) is 4.90 Å². The van der Waals surface area contributed by atoms with E-state index in [1.165, 1.54) is 30.4 Å². The summed E-state index contributed by atoms with van der Waals surface area (Å²) in [6.45, 7) is 6.23. The van der Waals surface area contributed by atoms with Gasteiger partial charge in [-0.1, -0.05) is 31.2 Å². The molecule has 3 nitrogen and oxygen atoms in total. The van der Waals surface area contributed by atoms with Gasteiger partial charge >= 0.3 is 0 Å². The number of ether oxygens (including phenoxy) is 1. The molecule has 2 unspecified atom stereocenters. The maximum absolute atomic E-state index is 6.07. The normalized spacial score (nSPS) is 27.0. The molecule has 1 aromatic rings. The summed E-state index contributed by atoms with van der Waals surface area (Å²) < 4.78 is 6.07. The first kappa shape index (κ1) is 15.0. The van der Waals surface area contributed by atoms with Crippen molar-refractivity contribution in [3.8, 4) is 0 Å². The Kier molecular flexibility index (Phi) is 4.94. The molecular weight excluding hydrogens is 260 g/mol. The molecule has 1 aliphatic heterocycles. The third kappa shape index (κ3) is 3.47. The van der Waals surface area contributed by atoms with Crippen LogP contribution in [0.3, 0.4) is 0 Å². The van der Waals surface area contributed by atoms with E-state index in [9.17, 15) is 0 Å². The van der Waals surface area contributed by atoms with E-state index in [2.05, 4.69) is 41.4 Å². The molecule has 0 amide bonds. The van der Waals surface area contributed by atoms with Crippen molar-refractivity contribution in [2.45, 2.75) is 44.2 Å². The highest BCUT2D eigenvalue weighted by atomic mass is 16.5. The fourth-order valence-electron chi connectivity index (χ4n) is 3.54. The minimum Gasteiger partial charge on any atom is -0.374 e. The van der Waals surface area contributed by atoms with Crippen LogP contribution < -0.4 is 5.32 Å². The largest absolute Gasteiger partial charge is 0.374 e. The van der Waals surface area contributed by atoms with Crippen LogP contribution in [0.5, 0.6) is 0 Å². The molecule has 1 N–H and O–H groups in total. The SMILES string of the molecule is CCCN1CCOC(CNC)C1c1cccc(C2CC2)c1. The van der Waals surface area contributed by atoms with Crippen molar-refractivity contribution in [1.29, 1.82) is 0 Å². The van der Waals surface area contributed by atoms with E-state index in [-0.39, 0.29) is 6.10 Å². The molecule has 0 aromatic heterocycles. The topological polar surface area (TPSA) is 24.5 Å². The van der Waals surface area contributed by atoms with Gasteiger partial charge in [0.1, 0.15) is 0 Å². The molecule has 3 heteroatoms. The first-order valence-electron chi connectivity index (χ1n) is 8.43. The van der Waals surface area contributed by atoms with E-state index >= 15 is 0 Å². The van der Waals surface area contributed by atoms with E-state index in [4.69, 9.17) is 4.74 Å². The monoisotopic (exact) mass is 288 g/mol. The fraction of sp³-hybridized carbons (Fsp3) is 0.667. The maximum atomic E-state index is 6.07. The van der Waals surface area contributed by atoms with Gasteiger partial charge in [0.2, 0.25) is 0 Å². The van der Waals surface area contributed by atoms with Crippen LogP contribution in [-0.4, -0.2) is 44.3 Å². The molecule has 2 atom stereocenters. The Morgan fingerprint density at radius 3 is 2.81 bits per heavy atom. The van der Waals surface area contributed by atoms with Crippen molar-refractivity contribution in [3.63, 3.8) is 0 Å². The average Bonchev–Trinajstić information content (AvgIpc) is 3.33. The lowest BCUT2D eigenvalue weighted by Crippen LogP contribution is -2.48. The molecule has 0 bridgehead atoms. The Labute approximate surface area is 128 Å². The highest BCUT2D eigenvalue weighted by Gasteiger charge is 2.33.